The van der Waals surface area contributed by atoms with E-state index in [-0.39, 0.29) is 0 Å². The first-order valence-electron chi connectivity index (χ1n) is 4.28. The predicted octanol–water partition coefficient (Wildman–Crippen LogP) is 1.29. The van der Waals surface area contributed by atoms with Crippen LogP contribution in [0.3, 0.4) is 0 Å². The summed E-state index contributed by atoms with van der Waals surface area (Å²) in [6.07, 6.45) is -1.24. The van der Waals surface area contributed by atoms with Crippen LogP contribution >= 0.6 is 0 Å². The molecule has 1 rings (SSSR count). The van der Waals surface area contributed by atoms with Crippen LogP contribution in [0, 0.1) is 0 Å². The molecule has 5 heteroatoms. The summed E-state index contributed by atoms with van der Waals surface area (Å²) in [5.74, 6) is -1.65. The van der Waals surface area contributed by atoms with Crippen molar-refractivity contribution in [3.8, 4) is 0 Å². The van der Waals surface area contributed by atoms with Crippen molar-refractivity contribution < 1.29 is 18.8 Å². The molecule has 1 N–H and O–H groups in total. The summed E-state index contributed by atoms with van der Waals surface area (Å²) >= 11 is 0. The Morgan fingerprint density at radius 1 is 1.33 bits per heavy atom. The smallest absolute Gasteiger partial charge is 0.303 e. The normalized spacial score (nSPS) is 11.6. The Labute approximate surface area is 86.0 Å². The number of carbonyl (C=O) groups is 2. The molecule has 1 aromatic rings. The van der Waals surface area contributed by atoms with Gasteiger partial charge in [-0.05, 0) is 0 Å². The number of rotatable bonds is 3. The van der Waals surface area contributed by atoms with Crippen LogP contribution in [-0.2, 0) is 14.3 Å². The van der Waals surface area contributed by atoms with Crippen LogP contribution in [0.5, 0.6) is 0 Å². The summed E-state index contributed by atoms with van der Waals surface area (Å²) in [5.41, 5.74) is 1.37. The highest BCUT2D eigenvalue weighted by Gasteiger charge is 2.23. The third kappa shape index (κ3) is 3.05. The SMILES string of the molecule is CC(=O)OC(C(=O)NF)c1ccccc1. The number of benzene rings is 1. The summed E-state index contributed by atoms with van der Waals surface area (Å²) in [5, 5.41) is 0. The fourth-order valence-electron chi connectivity index (χ4n) is 1.12. The molecule has 0 heterocycles. The zero-order valence-corrected chi connectivity index (χ0v) is 8.07. The van der Waals surface area contributed by atoms with Crippen molar-refractivity contribution in [1.82, 2.24) is 5.54 Å². The van der Waals surface area contributed by atoms with Gasteiger partial charge in [0.25, 0.3) is 5.91 Å². The predicted molar refractivity (Wildman–Crippen MR) is 50.2 cm³/mol. The molecule has 0 aromatic heterocycles. The highest BCUT2D eigenvalue weighted by molar-refractivity contribution is 5.83. The second-order valence-electron chi connectivity index (χ2n) is 2.86. The zero-order valence-electron chi connectivity index (χ0n) is 8.07. The molecule has 15 heavy (non-hydrogen) atoms. The molecule has 0 saturated heterocycles. The van der Waals surface area contributed by atoms with Gasteiger partial charge in [0.2, 0.25) is 6.10 Å². The summed E-state index contributed by atoms with van der Waals surface area (Å²) in [6.45, 7) is 1.15. The van der Waals surface area contributed by atoms with E-state index < -0.39 is 18.0 Å². The summed E-state index contributed by atoms with van der Waals surface area (Å²) < 4.78 is 16.7. The van der Waals surface area contributed by atoms with Crippen molar-refractivity contribution in [3.05, 3.63) is 35.9 Å². The maximum absolute atomic E-state index is 12.0. The molecule has 1 atom stereocenters. The maximum atomic E-state index is 12.0. The van der Waals surface area contributed by atoms with Crippen molar-refractivity contribution in [1.29, 1.82) is 0 Å². The molecule has 4 nitrogen and oxygen atoms in total. The third-order valence-corrected chi connectivity index (χ3v) is 1.72. The first-order valence-corrected chi connectivity index (χ1v) is 4.28. The minimum absolute atomic E-state index is 0.419. The summed E-state index contributed by atoms with van der Waals surface area (Å²) in [7, 11) is 0. The minimum Gasteiger partial charge on any atom is -0.447 e. The van der Waals surface area contributed by atoms with Gasteiger partial charge in [0.15, 0.2) is 0 Å². The Kier molecular flexibility index (Phi) is 3.79. The van der Waals surface area contributed by atoms with Gasteiger partial charge in [-0.25, -0.2) is 0 Å². The van der Waals surface area contributed by atoms with Gasteiger partial charge in [0.05, 0.1) is 0 Å². The first-order chi connectivity index (χ1) is 7.15. The molecule has 0 fully saturated rings. The third-order valence-electron chi connectivity index (χ3n) is 1.72. The zero-order chi connectivity index (χ0) is 11.3. The number of carbonyl (C=O) groups excluding carboxylic acids is 2. The average molecular weight is 211 g/mol. The Bertz CT molecular complexity index is 353. The van der Waals surface area contributed by atoms with Crippen LogP contribution in [0.2, 0.25) is 0 Å². The standard InChI is InChI=1S/C10H10FNO3/c1-7(13)15-9(10(14)12-11)8-5-3-2-4-6-8/h2-6,9H,1H3,(H,12,14). The van der Waals surface area contributed by atoms with Crippen molar-refractivity contribution in [2.45, 2.75) is 13.0 Å². The molecule has 0 aliphatic rings. The number of halogens is 1. The Hall–Kier alpha value is -1.91. The minimum atomic E-state index is -1.24. The van der Waals surface area contributed by atoms with Gasteiger partial charge >= 0.3 is 5.97 Å². The molecule has 0 radical (unpaired) electrons. The molecule has 1 amide bonds. The highest BCUT2D eigenvalue weighted by atomic mass is 19.2. The number of hydrogen-bond donors (Lipinski definition) is 1. The van der Waals surface area contributed by atoms with Crippen molar-refractivity contribution >= 4 is 11.9 Å². The molecule has 0 spiro atoms. The van der Waals surface area contributed by atoms with Crippen LogP contribution in [0.4, 0.5) is 4.48 Å². The summed E-state index contributed by atoms with van der Waals surface area (Å²) in [4.78, 5) is 21.8. The van der Waals surface area contributed by atoms with E-state index in [9.17, 15) is 14.1 Å². The average Bonchev–Trinajstić information content (AvgIpc) is 2.26. The monoisotopic (exact) mass is 211 g/mol. The fraction of sp³-hybridized carbons (Fsp3) is 0.200. The second-order valence-corrected chi connectivity index (χ2v) is 2.86. The van der Waals surface area contributed by atoms with Crippen molar-refractivity contribution in [2.75, 3.05) is 0 Å². The Balaban J connectivity index is 2.91. The van der Waals surface area contributed by atoms with Gasteiger partial charge in [0, 0.05) is 12.5 Å². The highest BCUT2D eigenvalue weighted by Crippen LogP contribution is 2.17. The molecule has 0 bridgehead atoms. The van der Waals surface area contributed by atoms with E-state index in [1.54, 1.807) is 30.3 Å². The largest absolute Gasteiger partial charge is 0.447 e. The van der Waals surface area contributed by atoms with Crippen molar-refractivity contribution in [2.24, 2.45) is 0 Å². The lowest BCUT2D eigenvalue weighted by Crippen LogP contribution is -2.26. The first kappa shape index (κ1) is 11.2. The van der Waals surface area contributed by atoms with E-state index in [4.69, 9.17) is 4.74 Å². The molecule has 80 valence electrons. The lowest BCUT2D eigenvalue weighted by Gasteiger charge is -2.14. The van der Waals surface area contributed by atoms with Crippen LogP contribution in [-0.4, -0.2) is 11.9 Å². The fourth-order valence-corrected chi connectivity index (χ4v) is 1.12. The van der Waals surface area contributed by atoms with Gasteiger partial charge in [-0.2, -0.15) is 5.54 Å². The van der Waals surface area contributed by atoms with Crippen molar-refractivity contribution in [3.63, 3.8) is 0 Å². The number of hydrogen-bond acceptors (Lipinski definition) is 3. The molecule has 0 aliphatic carbocycles. The Morgan fingerprint density at radius 2 is 1.93 bits per heavy atom. The lowest BCUT2D eigenvalue weighted by atomic mass is 10.1. The van der Waals surface area contributed by atoms with Gasteiger partial charge < -0.3 is 4.74 Å². The van der Waals surface area contributed by atoms with Crippen LogP contribution in [0.15, 0.2) is 30.3 Å². The number of nitrogens with one attached hydrogen (secondary N) is 1. The van der Waals surface area contributed by atoms with E-state index >= 15 is 0 Å². The lowest BCUT2D eigenvalue weighted by molar-refractivity contribution is -0.156. The second kappa shape index (κ2) is 5.09. The van der Waals surface area contributed by atoms with E-state index in [0.717, 1.165) is 12.5 Å². The van der Waals surface area contributed by atoms with E-state index in [1.165, 1.54) is 0 Å². The van der Waals surface area contributed by atoms with E-state index in [1.807, 2.05) is 0 Å². The van der Waals surface area contributed by atoms with Gasteiger partial charge in [0.1, 0.15) is 0 Å². The summed E-state index contributed by atoms with van der Waals surface area (Å²) in [6, 6.07) is 8.21. The Morgan fingerprint density at radius 3 is 2.40 bits per heavy atom. The quantitative estimate of drug-likeness (QED) is 0.605. The molecule has 1 aromatic carbocycles. The van der Waals surface area contributed by atoms with Crippen LogP contribution < -0.4 is 5.54 Å². The van der Waals surface area contributed by atoms with Gasteiger partial charge in [-0.1, -0.05) is 30.3 Å². The molecule has 0 aliphatic heterocycles. The number of esters is 1. The van der Waals surface area contributed by atoms with Gasteiger partial charge in [-0.3, -0.25) is 9.59 Å². The molecule has 0 saturated carbocycles. The van der Waals surface area contributed by atoms with E-state index in [2.05, 4.69) is 0 Å². The maximum Gasteiger partial charge on any atom is 0.303 e. The number of amides is 1. The van der Waals surface area contributed by atoms with Crippen LogP contribution in [0.25, 0.3) is 0 Å². The topological polar surface area (TPSA) is 55.4 Å². The molecule has 1 unspecified atom stereocenters. The van der Waals surface area contributed by atoms with E-state index in [0.29, 0.717) is 5.56 Å². The van der Waals surface area contributed by atoms with Gasteiger partial charge in [-0.15, -0.1) is 4.48 Å². The molecular formula is C10H10FNO3. The number of ether oxygens (including phenoxy) is 1. The van der Waals surface area contributed by atoms with Crippen LogP contribution in [0.1, 0.15) is 18.6 Å². The molecular weight excluding hydrogens is 201 g/mol.